The number of hydrogen-bond donors (Lipinski definition) is 2. The van der Waals surface area contributed by atoms with Gasteiger partial charge in [0.2, 0.25) is 0 Å². The summed E-state index contributed by atoms with van der Waals surface area (Å²) in [5.41, 5.74) is 11.4. The van der Waals surface area contributed by atoms with Gasteiger partial charge in [-0.15, -0.1) is 0 Å². The van der Waals surface area contributed by atoms with E-state index in [4.69, 9.17) is 26.8 Å². The van der Waals surface area contributed by atoms with Crippen molar-refractivity contribution in [3.8, 4) is 0 Å². The highest BCUT2D eigenvalue weighted by atomic mass is 35.5. The molecule has 1 spiro atoms. The Morgan fingerprint density at radius 2 is 1.96 bits per heavy atom. The maximum absolute atomic E-state index is 10.3. The minimum absolute atomic E-state index is 0.208. The third-order valence-corrected chi connectivity index (χ3v) is 5.98. The maximum atomic E-state index is 10.3. The summed E-state index contributed by atoms with van der Waals surface area (Å²) in [4.78, 5) is 0. The van der Waals surface area contributed by atoms with Crippen LogP contribution in [0, 0.1) is 0 Å². The molecule has 27 heavy (non-hydrogen) atoms. The molecule has 1 fully saturated rings. The molecule has 0 unspecified atom stereocenters. The van der Waals surface area contributed by atoms with Crippen LogP contribution in [0.2, 0.25) is 5.02 Å². The van der Waals surface area contributed by atoms with Crippen molar-refractivity contribution in [1.29, 1.82) is 0 Å². The monoisotopic (exact) mass is 387 g/mol. The topological polar surface area (TPSA) is 64.7 Å². The second kappa shape index (κ2) is 7.53. The van der Waals surface area contributed by atoms with Crippen LogP contribution in [0.15, 0.2) is 36.4 Å². The average molecular weight is 388 g/mol. The average Bonchev–Trinajstić information content (AvgIpc) is 2.98. The van der Waals surface area contributed by atoms with Gasteiger partial charge in [0.05, 0.1) is 18.8 Å². The van der Waals surface area contributed by atoms with Gasteiger partial charge in [-0.05, 0) is 47.2 Å². The molecule has 3 N–H and O–H groups in total. The molecule has 0 aliphatic carbocycles. The molecule has 144 valence electrons. The quantitative estimate of drug-likeness (QED) is 0.840. The molecule has 0 bridgehead atoms. The van der Waals surface area contributed by atoms with Crippen molar-refractivity contribution in [3.63, 3.8) is 0 Å². The van der Waals surface area contributed by atoms with E-state index in [1.54, 1.807) is 0 Å². The largest absolute Gasteiger partial charge is 0.393 e. The first-order valence-electron chi connectivity index (χ1n) is 9.62. The van der Waals surface area contributed by atoms with Crippen LogP contribution in [0.4, 0.5) is 0 Å². The van der Waals surface area contributed by atoms with Crippen LogP contribution in [-0.2, 0) is 34.7 Å². The zero-order valence-corrected chi connectivity index (χ0v) is 16.3. The van der Waals surface area contributed by atoms with E-state index in [0.717, 1.165) is 34.6 Å². The Morgan fingerprint density at radius 1 is 1.22 bits per heavy atom. The predicted molar refractivity (Wildman–Crippen MR) is 106 cm³/mol. The first-order chi connectivity index (χ1) is 13.0. The maximum Gasteiger partial charge on any atom is 0.198 e. The zero-order chi connectivity index (χ0) is 19.0. The van der Waals surface area contributed by atoms with Gasteiger partial charge in [-0.3, -0.25) is 0 Å². The fourth-order valence-electron chi connectivity index (χ4n) is 4.13. The summed E-state index contributed by atoms with van der Waals surface area (Å²) in [5.74, 6) is -0.914. The van der Waals surface area contributed by atoms with Gasteiger partial charge in [0.15, 0.2) is 5.79 Å². The van der Waals surface area contributed by atoms with Gasteiger partial charge in [0.1, 0.15) is 0 Å². The fourth-order valence-corrected chi connectivity index (χ4v) is 4.38. The van der Waals surface area contributed by atoms with E-state index >= 15 is 0 Å². The molecular weight excluding hydrogens is 362 g/mol. The van der Waals surface area contributed by atoms with Crippen LogP contribution < -0.4 is 5.73 Å². The lowest BCUT2D eigenvalue weighted by atomic mass is 9.89. The van der Waals surface area contributed by atoms with Crippen molar-refractivity contribution < 1.29 is 14.6 Å². The summed E-state index contributed by atoms with van der Waals surface area (Å²) in [6.07, 6.45) is 2.04. The molecular formula is C22H26ClNO3. The number of benzene rings is 2. The molecule has 1 saturated heterocycles. The summed E-state index contributed by atoms with van der Waals surface area (Å²) in [6.45, 7) is 2.95. The van der Waals surface area contributed by atoms with E-state index in [-0.39, 0.29) is 6.10 Å². The highest BCUT2D eigenvalue weighted by Gasteiger charge is 2.48. The third-order valence-electron chi connectivity index (χ3n) is 5.63. The van der Waals surface area contributed by atoms with Gasteiger partial charge in [-0.2, -0.15) is 0 Å². The molecule has 2 aliphatic heterocycles. The van der Waals surface area contributed by atoms with Crippen LogP contribution in [0.25, 0.3) is 0 Å². The Hall–Kier alpha value is -1.43. The van der Waals surface area contributed by atoms with Gasteiger partial charge in [-0.25, -0.2) is 0 Å². The fraction of sp³-hybridized carbons (Fsp3) is 0.455. The Kier molecular flexibility index (Phi) is 5.28. The number of hydrogen-bond acceptors (Lipinski definition) is 4. The van der Waals surface area contributed by atoms with E-state index in [0.29, 0.717) is 26.0 Å². The molecule has 5 heteroatoms. The standard InChI is InChI=1S/C22H26ClNO3/c1-2-14-3-5-15(6-4-14)7-16-8-20-17(9-21(16)23)13-26-22(20)11-18(25)10-19(12-24)27-22/h3-6,8-9,18-19,25H,2,7,10-13,24H2,1H3/t18-,19-,22+/m0/s1. The normalized spacial score (nSPS) is 27.1. The molecule has 2 aromatic rings. The van der Waals surface area contributed by atoms with Gasteiger partial charge in [0.25, 0.3) is 0 Å². The molecule has 0 saturated carbocycles. The number of aryl methyl sites for hydroxylation is 1. The molecule has 4 rings (SSSR count). The highest BCUT2D eigenvalue weighted by molar-refractivity contribution is 6.31. The van der Waals surface area contributed by atoms with Crippen molar-refractivity contribution in [3.05, 3.63) is 69.2 Å². The lowest BCUT2D eigenvalue weighted by molar-refractivity contribution is -0.296. The molecule has 0 radical (unpaired) electrons. The van der Waals surface area contributed by atoms with Crippen molar-refractivity contribution in [2.45, 2.75) is 57.2 Å². The second-order valence-corrected chi connectivity index (χ2v) is 7.97. The molecule has 0 aromatic heterocycles. The van der Waals surface area contributed by atoms with Gasteiger partial charge < -0.3 is 20.3 Å². The molecule has 0 amide bonds. The first kappa shape index (κ1) is 18.9. The van der Waals surface area contributed by atoms with E-state index in [1.807, 2.05) is 6.07 Å². The second-order valence-electron chi connectivity index (χ2n) is 7.56. The Balaban J connectivity index is 1.66. The first-order valence-corrected chi connectivity index (χ1v) is 10.00. The number of ether oxygens (including phenoxy) is 2. The van der Waals surface area contributed by atoms with E-state index in [1.165, 1.54) is 11.1 Å². The Labute approximate surface area is 165 Å². The SMILES string of the molecule is CCc1ccc(Cc2cc3c(cc2Cl)CO[C@@]32C[C@@H](O)C[C@@H](CN)O2)cc1. The van der Waals surface area contributed by atoms with Crippen LogP contribution in [0.3, 0.4) is 0 Å². The van der Waals surface area contributed by atoms with Crippen LogP contribution in [-0.4, -0.2) is 23.9 Å². The summed E-state index contributed by atoms with van der Waals surface area (Å²) in [7, 11) is 0. The summed E-state index contributed by atoms with van der Waals surface area (Å²) < 4.78 is 12.3. The van der Waals surface area contributed by atoms with Gasteiger partial charge in [-0.1, -0.05) is 42.8 Å². The Bertz CT molecular complexity index is 823. The van der Waals surface area contributed by atoms with E-state index in [2.05, 4.69) is 37.3 Å². The van der Waals surface area contributed by atoms with Crippen molar-refractivity contribution in [2.24, 2.45) is 5.73 Å². The molecule has 2 aliphatic rings. The van der Waals surface area contributed by atoms with Crippen molar-refractivity contribution in [2.75, 3.05) is 6.54 Å². The molecule has 2 aromatic carbocycles. The minimum atomic E-state index is -0.914. The number of aliphatic hydroxyl groups excluding tert-OH is 1. The van der Waals surface area contributed by atoms with Crippen molar-refractivity contribution in [1.82, 2.24) is 0 Å². The smallest absolute Gasteiger partial charge is 0.198 e. The van der Waals surface area contributed by atoms with Crippen LogP contribution >= 0.6 is 11.6 Å². The minimum Gasteiger partial charge on any atom is -0.393 e. The molecule has 3 atom stereocenters. The molecule has 2 heterocycles. The van der Waals surface area contributed by atoms with Crippen LogP contribution in [0.5, 0.6) is 0 Å². The number of nitrogens with two attached hydrogens (primary N) is 1. The predicted octanol–water partition coefficient (Wildman–Crippen LogP) is 3.67. The zero-order valence-electron chi connectivity index (χ0n) is 15.6. The van der Waals surface area contributed by atoms with Crippen LogP contribution in [0.1, 0.15) is 47.6 Å². The Morgan fingerprint density at radius 3 is 2.67 bits per heavy atom. The molecule has 4 nitrogen and oxygen atoms in total. The summed E-state index contributed by atoms with van der Waals surface area (Å²) >= 11 is 6.56. The van der Waals surface area contributed by atoms with E-state index in [9.17, 15) is 5.11 Å². The van der Waals surface area contributed by atoms with Gasteiger partial charge in [0, 0.05) is 30.0 Å². The van der Waals surface area contributed by atoms with Gasteiger partial charge >= 0.3 is 0 Å². The van der Waals surface area contributed by atoms with E-state index < -0.39 is 11.9 Å². The summed E-state index contributed by atoms with van der Waals surface area (Å²) in [5, 5.41) is 11.1. The highest BCUT2D eigenvalue weighted by Crippen LogP contribution is 2.46. The number of fused-ring (bicyclic) bond motifs is 2. The summed E-state index contributed by atoms with van der Waals surface area (Å²) in [6, 6.07) is 12.7. The number of aliphatic hydroxyl groups is 1. The lowest BCUT2D eigenvalue weighted by Crippen LogP contribution is -2.46. The van der Waals surface area contributed by atoms with Crippen molar-refractivity contribution >= 4 is 11.6 Å². The third kappa shape index (κ3) is 3.65. The number of halogens is 1. The lowest BCUT2D eigenvalue weighted by Gasteiger charge is -2.40. The number of rotatable bonds is 4.